The first-order valence-corrected chi connectivity index (χ1v) is 7.46. The molecule has 0 radical (unpaired) electrons. The summed E-state index contributed by atoms with van der Waals surface area (Å²) in [6.45, 7) is 0. The number of hydrogen-bond acceptors (Lipinski definition) is 3. The molecule has 0 aromatic heterocycles. The Bertz CT molecular complexity index is 639. The number of carbonyl (C=O) groups is 2. The summed E-state index contributed by atoms with van der Waals surface area (Å²) in [7, 11) is 1.30. The van der Waals surface area contributed by atoms with Crippen molar-refractivity contribution in [2.45, 2.75) is 19.3 Å². The van der Waals surface area contributed by atoms with Gasteiger partial charge in [0.05, 0.1) is 7.11 Å². The minimum absolute atomic E-state index is 0.0189. The van der Waals surface area contributed by atoms with Crippen molar-refractivity contribution >= 4 is 23.4 Å². The van der Waals surface area contributed by atoms with E-state index in [1.807, 2.05) is 18.2 Å². The van der Waals surface area contributed by atoms with Crippen molar-refractivity contribution < 1.29 is 14.3 Å². The highest BCUT2D eigenvalue weighted by molar-refractivity contribution is 5.91. The van der Waals surface area contributed by atoms with Gasteiger partial charge in [-0.3, -0.25) is 10.1 Å². The number of rotatable bonds is 6. The zero-order chi connectivity index (χ0) is 16.5. The molecule has 0 aliphatic rings. The minimum Gasteiger partial charge on any atom is -0.453 e. The van der Waals surface area contributed by atoms with E-state index in [4.69, 9.17) is 0 Å². The van der Waals surface area contributed by atoms with Gasteiger partial charge in [0, 0.05) is 17.8 Å². The Balaban J connectivity index is 1.75. The fourth-order valence-electron chi connectivity index (χ4n) is 2.13. The molecule has 0 saturated carbocycles. The normalized spacial score (nSPS) is 9.96. The molecule has 0 heterocycles. The van der Waals surface area contributed by atoms with Crippen molar-refractivity contribution in [1.82, 2.24) is 0 Å². The topological polar surface area (TPSA) is 67.4 Å². The number of benzene rings is 2. The number of methoxy groups -OCH3 is 1. The molecule has 23 heavy (non-hydrogen) atoms. The van der Waals surface area contributed by atoms with Crippen molar-refractivity contribution in [2.75, 3.05) is 17.7 Å². The highest BCUT2D eigenvalue weighted by Crippen LogP contribution is 2.14. The van der Waals surface area contributed by atoms with Crippen LogP contribution in [0.15, 0.2) is 54.6 Å². The van der Waals surface area contributed by atoms with E-state index < -0.39 is 6.09 Å². The van der Waals surface area contributed by atoms with Gasteiger partial charge in [0.15, 0.2) is 0 Å². The third-order valence-electron chi connectivity index (χ3n) is 3.31. The number of anilines is 2. The number of amides is 2. The first kappa shape index (κ1) is 16.5. The molecule has 0 spiro atoms. The van der Waals surface area contributed by atoms with Gasteiger partial charge in [-0.25, -0.2) is 4.79 Å². The molecule has 0 aliphatic heterocycles. The van der Waals surface area contributed by atoms with Crippen molar-refractivity contribution in [1.29, 1.82) is 0 Å². The largest absolute Gasteiger partial charge is 0.453 e. The van der Waals surface area contributed by atoms with Crippen LogP contribution in [0.4, 0.5) is 16.2 Å². The monoisotopic (exact) mass is 312 g/mol. The van der Waals surface area contributed by atoms with E-state index in [1.54, 1.807) is 24.3 Å². The van der Waals surface area contributed by atoms with Crippen LogP contribution in [0.3, 0.4) is 0 Å². The van der Waals surface area contributed by atoms with E-state index in [0.717, 1.165) is 12.8 Å². The van der Waals surface area contributed by atoms with Gasteiger partial charge in [-0.1, -0.05) is 30.3 Å². The van der Waals surface area contributed by atoms with E-state index in [9.17, 15) is 9.59 Å². The first-order chi connectivity index (χ1) is 11.2. The molecule has 2 amide bonds. The predicted molar refractivity (Wildman–Crippen MR) is 90.5 cm³/mol. The fourth-order valence-corrected chi connectivity index (χ4v) is 2.13. The van der Waals surface area contributed by atoms with Crippen LogP contribution in [-0.2, 0) is 16.0 Å². The van der Waals surface area contributed by atoms with Gasteiger partial charge in [0.25, 0.3) is 0 Å². The lowest BCUT2D eigenvalue weighted by atomic mass is 10.1. The van der Waals surface area contributed by atoms with Crippen LogP contribution >= 0.6 is 0 Å². The molecule has 2 aromatic carbocycles. The van der Waals surface area contributed by atoms with Crippen LogP contribution in [0.25, 0.3) is 0 Å². The van der Waals surface area contributed by atoms with E-state index in [0.29, 0.717) is 17.8 Å². The standard InChI is InChI=1S/C18H20N2O3/c1-23-18(22)20-16-12-10-15(11-13-16)19-17(21)9-5-8-14-6-3-2-4-7-14/h2-4,6-7,10-13H,5,8-9H2,1H3,(H,19,21)(H,20,22). The van der Waals surface area contributed by atoms with Gasteiger partial charge < -0.3 is 10.1 Å². The molecule has 0 unspecified atom stereocenters. The Morgan fingerprint density at radius 1 is 0.913 bits per heavy atom. The van der Waals surface area contributed by atoms with E-state index in [2.05, 4.69) is 27.5 Å². The minimum atomic E-state index is -0.525. The molecule has 0 saturated heterocycles. The smallest absolute Gasteiger partial charge is 0.411 e. The molecule has 5 nitrogen and oxygen atoms in total. The first-order valence-electron chi connectivity index (χ1n) is 7.46. The quantitative estimate of drug-likeness (QED) is 0.852. The summed E-state index contributed by atoms with van der Waals surface area (Å²) in [5.41, 5.74) is 2.54. The molecule has 120 valence electrons. The van der Waals surface area contributed by atoms with Crippen LogP contribution in [0, 0.1) is 0 Å². The number of hydrogen-bond donors (Lipinski definition) is 2. The number of carbonyl (C=O) groups excluding carboxylic acids is 2. The Morgan fingerprint density at radius 3 is 2.13 bits per heavy atom. The second kappa shape index (κ2) is 8.58. The second-order valence-corrected chi connectivity index (χ2v) is 5.08. The predicted octanol–water partition coefficient (Wildman–Crippen LogP) is 3.83. The summed E-state index contributed by atoms with van der Waals surface area (Å²) in [6, 6.07) is 17.0. The number of ether oxygens (including phenoxy) is 1. The van der Waals surface area contributed by atoms with Gasteiger partial charge >= 0.3 is 6.09 Å². The summed E-state index contributed by atoms with van der Waals surface area (Å²) in [5.74, 6) is -0.0189. The summed E-state index contributed by atoms with van der Waals surface area (Å²) in [5, 5.41) is 5.39. The highest BCUT2D eigenvalue weighted by atomic mass is 16.5. The maximum absolute atomic E-state index is 11.9. The van der Waals surface area contributed by atoms with Gasteiger partial charge in [-0.15, -0.1) is 0 Å². The molecule has 0 bridgehead atoms. The van der Waals surface area contributed by atoms with Crippen molar-refractivity contribution in [2.24, 2.45) is 0 Å². The van der Waals surface area contributed by atoms with Crippen LogP contribution < -0.4 is 10.6 Å². The SMILES string of the molecule is COC(=O)Nc1ccc(NC(=O)CCCc2ccccc2)cc1. The Hall–Kier alpha value is -2.82. The lowest BCUT2D eigenvalue weighted by molar-refractivity contribution is -0.116. The average molecular weight is 312 g/mol. The molecule has 2 rings (SSSR count). The summed E-state index contributed by atoms with van der Waals surface area (Å²) >= 11 is 0. The second-order valence-electron chi connectivity index (χ2n) is 5.08. The van der Waals surface area contributed by atoms with Crippen LogP contribution in [0.1, 0.15) is 18.4 Å². The summed E-state index contributed by atoms with van der Waals surface area (Å²) in [6.07, 6.45) is 1.63. The van der Waals surface area contributed by atoms with Gasteiger partial charge in [0.2, 0.25) is 5.91 Å². The van der Waals surface area contributed by atoms with Gasteiger partial charge in [-0.2, -0.15) is 0 Å². The molecular weight excluding hydrogens is 292 g/mol. The zero-order valence-electron chi connectivity index (χ0n) is 13.0. The Labute approximate surface area is 135 Å². The lowest BCUT2D eigenvalue weighted by Gasteiger charge is -2.07. The van der Waals surface area contributed by atoms with Gasteiger partial charge in [0.1, 0.15) is 0 Å². The zero-order valence-corrected chi connectivity index (χ0v) is 13.0. The maximum atomic E-state index is 11.9. The van der Waals surface area contributed by atoms with Crippen molar-refractivity contribution in [3.8, 4) is 0 Å². The fraction of sp³-hybridized carbons (Fsp3) is 0.222. The third kappa shape index (κ3) is 5.82. The van der Waals surface area contributed by atoms with Gasteiger partial charge in [-0.05, 0) is 42.7 Å². The number of nitrogens with one attached hydrogen (secondary N) is 2. The Kier molecular flexibility index (Phi) is 6.17. The van der Waals surface area contributed by atoms with Crippen LogP contribution in [0.2, 0.25) is 0 Å². The highest BCUT2D eigenvalue weighted by Gasteiger charge is 2.04. The van der Waals surface area contributed by atoms with Crippen molar-refractivity contribution in [3.05, 3.63) is 60.2 Å². The average Bonchev–Trinajstić information content (AvgIpc) is 2.57. The summed E-state index contributed by atoms with van der Waals surface area (Å²) in [4.78, 5) is 23.0. The molecule has 5 heteroatoms. The Morgan fingerprint density at radius 2 is 1.52 bits per heavy atom. The summed E-state index contributed by atoms with van der Waals surface area (Å²) < 4.78 is 4.51. The van der Waals surface area contributed by atoms with E-state index >= 15 is 0 Å². The van der Waals surface area contributed by atoms with Crippen LogP contribution in [-0.4, -0.2) is 19.1 Å². The third-order valence-corrected chi connectivity index (χ3v) is 3.31. The molecule has 0 aliphatic carbocycles. The van der Waals surface area contributed by atoms with Crippen molar-refractivity contribution in [3.63, 3.8) is 0 Å². The maximum Gasteiger partial charge on any atom is 0.411 e. The lowest BCUT2D eigenvalue weighted by Crippen LogP contribution is -2.12. The van der Waals surface area contributed by atoms with E-state index in [1.165, 1.54) is 12.7 Å². The molecule has 2 aromatic rings. The molecule has 0 atom stereocenters. The molecule has 0 fully saturated rings. The molecule has 2 N–H and O–H groups in total. The van der Waals surface area contributed by atoms with E-state index in [-0.39, 0.29) is 5.91 Å². The van der Waals surface area contributed by atoms with Crippen LogP contribution in [0.5, 0.6) is 0 Å². The number of aryl methyl sites for hydroxylation is 1. The molecular formula is C18H20N2O3.